The fraction of sp³-hybridized carbons (Fsp3) is 0.571. The van der Waals surface area contributed by atoms with E-state index in [9.17, 15) is 9.59 Å². The van der Waals surface area contributed by atoms with Crippen molar-refractivity contribution >= 4 is 5.91 Å². The number of carbonyl (C=O) groups excluding carboxylic acids is 1. The van der Waals surface area contributed by atoms with E-state index in [-0.39, 0.29) is 23.0 Å². The summed E-state index contributed by atoms with van der Waals surface area (Å²) in [6.45, 7) is 3.08. The summed E-state index contributed by atoms with van der Waals surface area (Å²) in [4.78, 5) is 28.4. The maximum atomic E-state index is 12.2. The van der Waals surface area contributed by atoms with Crippen LogP contribution in [0.2, 0.25) is 0 Å². The molecular weight excluding hydrogens is 244 g/mol. The van der Waals surface area contributed by atoms with Gasteiger partial charge in [0.25, 0.3) is 5.91 Å². The van der Waals surface area contributed by atoms with E-state index >= 15 is 0 Å². The minimum Gasteiger partial charge on any atom is -0.376 e. The van der Waals surface area contributed by atoms with Gasteiger partial charge in [-0.05, 0) is 26.2 Å². The number of hydrogen-bond donors (Lipinski definition) is 1. The van der Waals surface area contributed by atoms with Crippen LogP contribution in [0.3, 0.4) is 0 Å². The molecular formula is C14H20N2O3. The van der Waals surface area contributed by atoms with Crippen molar-refractivity contribution in [3.8, 4) is 0 Å². The van der Waals surface area contributed by atoms with Crippen LogP contribution in [0.1, 0.15) is 35.3 Å². The Balaban J connectivity index is 2.03. The first-order valence-corrected chi connectivity index (χ1v) is 6.64. The molecule has 0 saturated carbocycles. The largest absolute Gasteiger partial charge is 0.376 e. The third kappa shape index (κ3) is 3.44. The van der Waals surface area contributed by atoms with Gasteiger partial charge in [-0.15, -0.1) is 0 Å². The lowest BCUT2D eigenvalue weighted by Crippen LogP contribution is -2.38. The van der Waals surface area contributed by atoms with Crippen molar-refractivity contribution in [3.05, 3.63) is 33.7 Å². The van der Waals surface area contributed by atoms with Crippen molar-refractivity contribution in [1.82, 2.24) is 9.88 Å². The number of H-pyrrole nitrogens is 1. The van der Waals surface area contributed by atoms with Gasteiger partial charge in [0.15, 0.2) is 5.43 Å². The number of amides is 1. The lowest BCUT2D eigenvalue weighted by molar-refractivity contribution is -0.000219. The lowest BCUT2D eigenvalue weighted by Gasteiger charge is -2.27. The number of nitrogens with one attached hydrogen (secondary N) is 1. The quantitative estimate of drug-likeness (QED) is 0.895. The predicted molar refractivity (Wildman–Crippen MR) is 72.4 cm³/mol. The van der Waals surface area contributed by atoms with E-state index in [1.807, 2.05) is 0 Å². The highest BCUT2D eigenvalue weighted by Crippen LogP contribution is 2.14. The number of aromatic nitrogens is 1. The molecule has 1 amide bonds. The number of nitrogens with zero attached hydrogens (tertiary/aromatic N) is 1. The van der Waals surface area contributed by atoms with Gasteiger partial charge in [0.05, 0.1) is 6.10 Å². The van der Waals surface area contributed by atoms with Crippen LogP contribution in [0.4, 0.5) is 0 Å². The van der Waals surface area contributed by atoms with Crippen molar-refractivity contribution in [2.24, 2.45) is 0 Å². The van der Waals surface area contributed by atoms with Gasteiger partial charge in [0.2, 0.25) is 0 Å². The van der Waals surface area contributed by atoms with Gasteiger partial charge in [-0.1, -0.05) is 0 Å². The zero-order chi connectivity index (χ0) is 13.8. The normalized spacial score (nSPS) is 19.2. The third-order valence-electron chi connectivity index (χ3n) is 3.39. The highest BCUT2D eigenvalue weighted by molar-refractivity contribution is 5.93. The predicted octanol–water partition coefficient (Wildman–Crippen LogP) is 1.32. The van der Waals surface area contributed by atoms with Crippen LogP contribution in [-0.4, -0.2) is 42.1 Å². The Bertz CT molecular complexity index is 504. The van der Waals surface area contributed by atoms with Crippen molar-refractivity contribution in [2.45, 2.75) is 32.3 Å². The highest BCUT2D eigenvalue weighted by atomic mass is 16.5. The number of aromatic amines is 1. The second kappa shape index (κ2) is 6.02. The maximum absolute atomic E-state index is 12.2. The highest BCUT2D eigenvalue weighted by Gasteiger charge is 2.21. The summed E-state index contributed by atoms with van der Waals surface area (Å²) in [5.41, 5.74) is 0.696. The molecule has 5 nitrogen and oxygen atoms in total. The van der Waals surface area contributed by atoms with Gasteiger partial charge in [0.1, 0.15) is 5.56 Å². The Morgan fingerprint density at radius 2 is 2.32 bits per heavy atom. The molecule has 2 heterocycles. The minimum absolute atomic E-state index is 0.0900. The maximum Gasteiger partial charge on any atom is 0.259 e. The molecule has 1 fully saturated rings. The smallest absolute Gasteiger partial charge is 0.259 e. The number of carbonyl (C=O) groups is 1. The van der Waals surface area contributed by atoms with E-state index in [0.29, 0.717) is 6.54 Å². The summed E-state index contributed by atoms with van der Waals surface area (Å²) >= 11 is 0. The Morgan fingerprint density at radius 3 is 2.95 bits per heavy atom. The van der Waals surface area contributed by atoms with Gasteiger partial charge in [-0.2, -0.15) is 0 Å². The minimum atomic E-state index is -0.254. The van der Waals surface area contributed by atoms with Gasteiger partial charge < -0.3 is 14.6 Å². The molecule has 1 aromatic heterocycles. The molecule has 0 aromatic carbocycles. The Labute approximate surface area is 112 Å². The second-order valence-corrected chi connectivity index (χ2v) is 5.07. The van der Waals surface area contributed by atoms with Gasteiger partial charge >= 0.3 is 0 Å². The molecule has 19 heavy (non-hydrogen) atoms. The third-order valence-corrected chi connectivity index (χ3v) is 3.39. The summed E-state index contributed by atoms with van der Waals surface area (Å²) in [6.07, 6.45) is 4.77. The Morgan fingerprint density at radius 1 is 1.53 bits per heavy atom. The summed E-state index contributed by atoms with van der Waals surface area (Å²) in [5.74, 6) is -0.254. The van der Waals surface area contributed by atoms with E-state index in [4.69, 9.17) is 4.74 Å². The fourth-order valence-electron chi connectivity index (χ4n) is 2.29. The second-order valence-electron chi connectivity index (χ2n) is 5.07. The monoisotopic (exact) mass is 264 g/mol. The summed E-state index contributed by atoms with van der Waals surface area (Å²) in [7, 11) is 1.71. The van der Waals surface area contributed by atoms with Crippen molar-refractivity contribution < 1.29 is 9.53 Å². The van der Waals surface area contributed by atoms with Gasteiger partial charge in [0, 0.05) is 38.2 Å². The van der Waals surface area contributed by atoms with E-state index in [2.05, 4.69) is 4.98 Å². The Hall–Kier alpha value is -1.62. The summed E-state index contributed by atoms with van der Waals surface area (Å²) in [5, 5.41) is 0. The molecule has 1 unspecified atom stereocenters. The molecule has 1 atom stereocenters. The van der Waals surface area contributed by atoms with Crippen molar-refractivity contribution in [1.29, 1.82) is 0 Å². The van der Waals surface area contributed by atoms with Crippen LogP contribution in [0.5, 0.6) is 0 Å². The molecule has 104 valence electrons. The number of aryl methyl sites for hydroxylation is 1. The van der Waals surface area contributed by atoms with E-state index in [0.717, 1.165) is 31.6 Å². The average Bonchev–Trinajstić information content (AvgIpc) is 2.39. The zero-order valence-electron chi connectivity index (χ0n) is 11.4. The van der Waals surface area contributed by atoms with Gasteiger partial charge in [-0.3, -0.25) is 9.59 Å². The Kier molecular flexibility index (Phi) is 4.37. The first kappa shape index (κ1) is 13.8. The zero-order valence-corrected chi connectivity index (χ0v) is 11.4. The summed E-state index contributed by atoms with van der Waals surface area (Å²) < 4.78 is 5.60. The molecule has 0 aliphatic carbocycles. The number of pyridine rings is 1. The number of likely N-dealkylation sites (N-methyl/N-ethyl adjacent to an activating group) is 1. The molecule has 1 aliphatic rings. The molecule has 1 N–H and O–H groups in total. The average molecular weight is 264 g/mol. The van der Waals surface area contributed by atoms with Gasteiger partial charge in [-0.25, -0.2) is 0 Å². The number of ether oxygens (including phenoxy) is 1. The standard InChI is InChI=1S/C14H20N2O3/c1-10-7-13(17)12(8-15-10)14(18)16(2)9-11-5-3-4-6-19-11/h7-8,11H,3-6,9H2,1-2H3,(H,15,17). The van der Waals surface area contributed by atoms with Crippen LogP contribution in [0, 0.1) is 6.92 Å². The van der Waals surface area contributed by atoms with E-state index in [1.54, 1.807) is 18.9 Å². The van der Waals surface area contributed by atoms with Crippen LogP contribution in [0.25, 0.3) is 0 Å². The van der Waals surface area contributed by atoms with Crippen LogP contribution >= 0.6 is 0 Å². The van der Waals surface area contributed by atoms with Crippen LogP contribution < -0.4 is 5.43 Å². The topological polar surface area (TPSA) is 62.4 Å². The first-order valence-electron chi connectivity index (χ1n) is 6.64. The molecule has 0 radical (unpaired) electrons. The molecule has 5 heteroatoms. The number of rotatable bonds is 3. The van der Waals surface area contributed by atoms with Crippen LogP contribution in [-0.2, 0) is 4.74 Å². The van der Waals surface area contributed by atoms with E-state index in [1.165, 1.54) is 12.3 Å². The first-order chi connectivity index (χ1) is 9.08. The summed E-state index contributed by atoms with van der Waals surface area (Å²) in [6, 6.07) is 1.44. The SMILES string of the molecule is Cc1cc(=O)c(C(=O)N(C)CC2CCCCO2)c[nH]1. The van der Waals surface area contributed by atoms with E-state index < -0.39 is 0 Å². The molecule has 0 bridgehead atoms. The lowest BCUT2D eigenvalue weighted by atomic mass is 10.1. The van der Waals surface area contributed by atoms with Crippen molar-refractivity contribution in [2.75, 3.05) is 20.2 Å². The molecule has 1 aliphatic heterocycles. The molecule has 1 aromatic rings. The molecule has 2 rings (SSSR count). The fourth-order valence-corrected chi connectivity index (χ4v) is 2.29. The molecule has 0 spiro atoms. The van der Waals surface area contributed by atoms with Crippen LogP contribution in [0.15, 0.2) is 17.1 Å². The number of hydrogen-bond acceptors (Lipinski definition) is 3. The van der Waals surface area contributed by atoms with Crippen molar-refractivity contribution in [3.63, 3.8) is 0 Å². The molecule has 1 saturated heterocycles.